The number of carbonyl (C=O) groups is 1. The van der Waals surface area contributed by atoms with Gasteiger partial charge in [-0.25, -0.2) is 17.5 Å². The van der Waals surface area contributed by atoms with Crippen molar-refractivity contribution in [1.82, 2.24) is 4.31 Å². The molecule has 0 atom stereocenters. The van der Waals surface area contributed by atoms with Crippen LogP contribution in [-0.2, 0) is 20.6 Å². The summed E-state index contributed by atoms with van der Waals surface area (Å²) < 4.78 is 32.4. The van der Waals surface area contributed by atoms with E-state index >= 15 is 0 Å². The SMILES string of the molecule is O=C(O)COc1csc(-c2cccc(NC3CCN(S(=O)(=O)Cc4ccccc4)CC3)c2)c1Cl. The first-order valence-electron chi connectivity index (χ1n) is 10.8. The quantitative estimate of drug-likeness (QED) is 0.415. The molecule has 34 heavy (non-hydrogen) atoms. The zero-order valence-corrected chi connectivity index (χ0v) is 20.7. The fourth-order valence-corrected chi connectivity index (χ4v) is 6.76. The molecule has 2 N–H and O–H groups in total. The van der Waals surface area contributed by atoms with Crippen LogP contribution in [0.2, 0.25) is 5.02 Å². The van der Waals surface area contributed by atoms with Crippen LogP contribution in [-0.4, -0.2) is 49.5 Å². The zero-order valence-electron chi connectivity index (χ0n) is 18.3. The van der Waals surface area contributed by atoms with Gasteiger partial charge in [-0.2, -0.15) is 0 Å². The Morgan fingerprint density at radius 2 is 1.88 bits per heavy atom. The number of hydrogen-bond acceptors (Lipinski definition) is 6. The second-order valence-corrected chi connectivity index (χ2v) is 11.3. The lowest BCUT2D eigenvalue weighted by Crippen LogP contribution is -2.42. The number of nitrogens with zero attached hydrogens (tertiary/aromatic N) is 1. The lowest BCUT2D eigenvalue weighted by Gasteiger charge is -2.32. The molecule has 0 saturated carbocycles. The molecule has 180 valence electrons. The highest BCUT2D eigenvalue weighted by molar-refractivity contribution is 7.88. The van der Waals surface area contributed by atoms with Crippen molar-refractivity contribution < 1.29 is 23.1 Å². The van der Waals surface area contributed by atoms with Crippen LogP contribution >= 0.6 is 22.9 Å². The molecule has 7 nitrogen and oxygen atoms in total. The van der Waals surface area contributed by atoms with Crippen molar-refractivity contribution in [2.45, 2.75) is 24.6 Å². The molecule has 0 bridgehead atoms. The minimum Gasteiger partial charge on any atom is -0.479 e. The second kappa shape index (κ2) is 10.8. The summed E-state index contributed by atoms with van der Waals surface area (Å²) in [5.41, 5.74) is 2.61. The van der Waals surface area contributed by atoms with E-state index in [4.69, 9.17) is 21.4 Å². The smallest absolute Gasteiger partial charge is 0.341 e. The molecule has 1 aliphatic rings. The van der Waals surface area contributed by atoms with E-state index in [1.807, 2.05) is 54.6 Å². The van der Waals surface area contributed by atoms with Crippen LogP contribution in [0.25, 0.3) is 10.4 Å². The highest BCUT2D eigenvalue weighted by Crippen LogP contribution is 2.42. The van der Waals surface area contributed by atoms with Crippen LogP contribution in [0, 0.1) is 0 Å². The Morgan fingerprint density at radius 3 is 2.59 bits per heavy atom. The number of carboxylic acid groups (broad SMARTS) is 1. The summed E-state index contributed by atoms with van der Waals surface area (Å²) in [6, 6.07) is 17.2. The van der Waals surface area contributed by atoms with E-state index < -0.39 is 22.6 Å². The zero-order chi connectivity index (χ0) is 24.1. The Labute approximate surface area is 208 Å². The Balaban J connectivity index is 1.36. The number of hydrogen-bond donors (Lipinski definition) is 2. The van der Waals surface area contributed by atoms with Gasteiger partial charge in [0.05, 0.1) is 10.6 Å². The van der Waals surface area contributed by atoms with Crippen molar-refractivity contribution in [2.24, 2.45) is 0 Å². The molecule has 2 heterocycles. The molecule has 10 heteroatoms. The predicted molar refractivity (Wildman–Crippen MR) is 135 cm³/mol. The highest BCUT2D eigenvalue weighted by atomic mass is 35.5. The van der Waals surface area contributed by atoms with E-state index in [1.165, 1.54) is 11.3 Å². The molecule has 0 amide bonds. The second-order valence-electron chi connectivity index (χ2n) is 8.07. The maximum absolute atomic E-state index is 12.8. The number of anilines is 1. The van der Waals surface area contributed by atoms with Gasteiger partial charge in [0.15, 0.2) is 6.61 Å². The van der Waals surface area contributed by atoms with Gasteiger partial charge in [-0.15, -0.1) is 11.3 Å². The topological polar surface area (TPSA) is 95.9 Å². The third kappa shape index (κ3) is 6.09. The van der Waals surface area contributed by atoms with E-state index in [1.54, 1.807) is 9.69 Å². The van der Waals surface area contributed by atoms with Crippen molar-refractivity contribution >= 4 is 44.6 Å². The van der Waals surface area contributed by atoms with E-state index in [9.17, 15) is 13.2 Å². The summed E-state index contributed by atoms with van der Waals surface area (Å²) in [5.74, 6) is -0.686. The van der Waals surface area contributed by atoms with Gasteiger partial charge < -0.3 is 15.2 Å². The first kappa shape index (κ1) is 24.5. The van der Waals surface area contributed by atoms with Gasteiger partial charge in [-0.1, -0.05) is 54.1 Å². The number of ether oxygens (including phenoxy) is 1. The van der Waals surface area contributed by atoms with Gasteiger partial charge in [0.2, 0.25) is 10.0 Å². The number of benzene rings is 2. The molecular formula is C24H25ClN2O5S2. The Kier molecular flexibility index (Phi) is 7.77. The van der Waals surface area contributed by atoms with Gasteiger partial charge in [-0.3, -0.25) is 0 Å². The van der Waals surface area contributed by atoms with Crippen LogP contribution in [0.3, 0.4) is 0 Å². The van der Waals surface area contributed by atoms with Crippen LogP contribution in [0.5, 0.6) is 5.75 Å². The first-order chi connectivity index (χ1) is 16.3. The number of halogens is 1. The summed E-state index contributed by atoms with van der Waals surface area (Å²) in [7, 11) is -3.34. The summed E-state index contributed by atoms with van der Waals surface area (Å²) in [4.78, 5) is 11.5. The lowest BCUT2D eigenvalue weighted by molar-refractivity contribution is -0.139. The normalized spacial score (nSPS) is 15.2. The maximum atomic E-state index is 12.8. The molecule has 1 aromatic heterocycles. The van der Waals surface area contributed by atoms with Gasteiger partial charge in [0.25, 0.3) is 0 Å². The van der Waals surface area contributed by atoms with Crippen molar-refractivity contribution in [1.29, 1.82) is 0 Å². The number of nitrogens with one attached hydrogen (secondary N) is 1. The van der Waals surface area contributed by atoms with E-state index in [0.29, 0.717) is 36.7 Å². The Hall–Kier alpha value is -2.59. The summed E-state index contributed by atoms with van der Waals surface area (Å²) in [6.07, 6.45) is 1.43. The summed E-state index contributed by atoms with van der Waals surface area (Å²) in [5, 5.41) is 14.4. The average Bonchev–Trinajstić information content (AvgIpc) is 3.19. The number of sulfonamides is 1. The highest BCUT2D eigenvalue weighted by Gasteiger charge is 2.28. The van der Waals surface area contributed by atoms with Crippen LogP contribution in [0.15, 0.2) is 60.0 Å². The van der Waals surface area contributed by atoms with Gasteiger partial charge >= 0.3 is 5.97 Å². The number of thiophene rings is 1. The minimum absolute atomic E-state index is 0.0215. The Morgan fingerprint density at radius 1 is 1.15 bits per heavy atom. The van der Waals surface area contributed by atoms with Crippen molar-refractivity contribution in [3.05, 3.63) is 70.6 Å². The van der Waals surface area contributed by atoms with Crippen molar-refractivity contribution in [3.8, 4) is 16.2 Å². The third-order valence-electron chi connectivity index (χ3n) is 5.59. The molecule has 1 fully saturated rings. The molecule has 0 aliphatic carbocycles. The van der Waals surface area contributed by atoms with Crippen LogP contribution in [0.4, 0.5) is 5.69 Å². The molecule has 1 saturated heterocycles. The third-order valence-corrected chi connectivity index (χ3v) is 8.93. The van der Waals surface area contributed by atoms with E-state index in [2.05, 4.69) is 5.32 Å². The monoisotopic (exact) mass is 520 g/mol. The first-order valence-corrected chi connectivity index (χ1v) is 13.7. The molecule has 1 aliphatic heterocycles. The molecule has 0 unspecified atom stereocenters. The van der Waals surface area contributed by atoms with Crippen LogP contribution in [0.1, 0.15) is 18.4 Å². The van der Waals surface area contributed by atoms with Crippen LogP contribution < -0.4 is 10.1 Å². The summed E-state index contributed by atoms with van der Waals surface area (Å²) >= 11 is 7.80. The lowest BCUT2D eigenvalue weighted by atomic mass is 10.1. The van der Waals surface area contributed by atoms with E-state index in [0.717, 1.165) is 21.7 Å². The predicted octanol–water partition coefficient (Wildman–Crippen LogP) is 4.94. The number of rotatable bonds is 9. The maximum Gasteiger partial charge on any atom is 0.341 e. The van der Waals surface area contributed by atoms with E-state index in [-0.39, 0.29) is 11.8 Å². The molecule has 2 aromatic carbocycles. The molecular weight excluding hydrogens is 496 g/mol. The minimum atomic E-state index is -3.34. The molecule has 4 rings (SSSR count). The fraction of sp³-hybridized carbons (Fsp3) is 0.292. The average molecular weight is 521 g/mol. The molecule has 0 spiro atoms. The summed E-state index contributed by atoms with van der Waals surface area (Å²) in [6.45, 7) is 0.512. The van der Waals surface area contributed by atoms with Gasteiger partial charge in [-0.05, 0) is 36.1 Å². The van der Waals surface area contributed by atoms with Gasteiger partial charge in [0, 0.05) is 30.2 Å². The molecule has 0 radical (unpaired) electrons. The Bertz CT molecular complexity index is 1240. The number of carboxylic acids is 1. The number of aliphatic carboxylic acids is 1. The van der Waals surface area contributed by atoms with Crippen molar-refractivity contribution in [3.63, 3.8) is 0 Å². The molecule has 3 aromatic rings. The fourth-order valence-electron chi connectivity index (χ4n) is 3.90. The standard InChI is InChI=1S/C24H25ClN2O5S2/c25-23-21(32-14-22(28)29)15-33-24(23)18-7-4-8-20(13-18)26-19-9-11-27(12-10-19)34(30,31)16-17-5-2-1-3-6-17/h1-8,13,15,19,26H,9-12,14,16H2,(H,28,29). The van der Waals surface area contributed by atoms with Crippen molar-refractivity contribution in [2.75, 3.05) is 25.0 Å². The van der Waals surface area contributed by atoms with Gasteiger partial charge in [0.1, 0.15) is 10.8 Å². The number of piperidine rings is 1. The largest absolute Gasteiger partial charge is 0.479 e.